The van der Waals surface area contributed by atoms with E-state index < -0.39 is 0 Å². The van der Waals surface area contributed by atoms with Gasteiger partial charge in [-0.2, -0.15) is 0 Å². The molecule has 0 aliphatic carbocycles. The van der Waals surface area contributed by atoms with Gasteiger partial charge in [-0.25, -0.2) is 0 Å². The van der Waals surface area contributed by atoms with Crippen LogP contribution in [-0.2, 0) is 0 Å². The minimum atomic E-state index is 0.847. The fourth-order valence-electron chi connectivity index (χ4n) is 2.85. The van der Waals surface area contributed by atoms with Crippen LogP contribution in [0.25, 0.3) is 32.3 Å². The lowest BCUT2D eigenvalue weighted by Gasteiger charge is -2.10. The molecule has 0 aromatic heterocycles. The molecule has 3 radical (unpaired) electrons. The SMILES string of the molecule is [Si]Oc1cccc2ccc3cc4ccccc4cc3c12. The van der Waals surface area contributed by atoms with Crippen molar-refractivity contribution in [1.29, 1.82) is 0 Å². The van der Waals surface area contributed by atoms with Gasteiger partial charge in [0.05, 0.1) is 0 Å². The first kappa shape index (κ1) is 11.5. The summed E-state index contributed by atoms with van der Waals surface area (Å²) in [5, 5.41) is 7.28. The van der Waals surface area contributed by atoms with E-state index >= 15 is 0 Å². The summed E-state index contributed by atoms with van der Waals surface area (Å²) in [4.78, 5) is 0. The number of fused-ring (bicyclic) bond motifs is 4. The van der Waals surface area contributed by atoms with Crippen LogP contribution in [0.2, 0.25) is 0 Å². The Morgan fingerprint density at radius 1 is 0.650 bits per heavy atom. The van der Waals surface area contributed by atoms with E-state index in [9.17, 15) is 0 Å². The first-order chi connectivity index (χ1) is 9.86. The summed E-state index contributed by atoms with van der Waals surface area (Å²) >= 11 is 0. The van der Waals surface area contributed by atoms with E-state index in [1.54, 1.807) is 0 Å². The number of rotatable bonds is 1. The van der Waals surface area contributed by atoms with E-state index in [0.717, 1.165) is 11.1 Å². The first-order valence-corrected chi connectivity index (χ1v) is 6.95. The van der Waals surface area contributed by atoms with Gasteiger partial charge in [0.15, 0.2) is 0 Å². The molecule has 1 nitrogen and oxygen atoms in total. The smallest absolute Gasteiger partial charge is 0.341 e. The highest BCUT2D eigenvalue weighted by atomic mass is 28.2. The summed E-state index contributed by atoms with van der Waals surface area (Å²) < 4.78 is 5.35. The van der Waals surface area contributed by atoms with Crippen molar-refractivity contribution >= 4 is 42.8 Å². The van der Waals surface area contributed by atoms with Crippen LogP contribution in [0.5, 0.6) is 5.75 Å². The van der Waals surface area contributed by atoms with E-state index in [0.29, 0.717) is 0 Å². The summed E-state index contributed by atoms with van der Waals surface area (Å²) in [6.45, 7) is 0. The van der Waals surface area contributed by atoms with Crippen LogP contribution in [0.15, 0.2) is 66.7 Å². The topological polar surface area (TPSA) is 9.23 Å². The van der Waals surface area contributed by atoms with Crippen LogP contribution in [0.3, 0.4) is 0 Å². The molecule has 0 bridgehead atoms. The molecular weight excluding hydrogens is 260 g/mol. The molecule has 0 saturated carbocycles. The second kappa shape index (κ2) is 4.36. The minimum Gasteiger partial charge on any atom is -0.540 e. The van der Waals surface area contributed by atoms with Crippen LogP contribution in [0.4, 0.5) is 0 Å². The first-order valence-electron chi connectivity index (χ1n) is 6.54. The minimum absolute atomic E-state index is 0.847. The molecule has 0 aliphatic rings. The molecule has 0 aliphatic heterocycles. The van der Waals surface area contributed by atoms with Crippen molar-refractivity contribution in [1.82, 2.24) is 0 Å². The molecule has 0 fully saturated rings. The molecule has 4 aromatic rings. The van der Waals surface area contributed by atoms with Crippen molar-refractivity contribution in [2.24, 2.45) is 0 Å². The van der Waals surface area contributed by atoms with E-state index in [1.807, 2.05) is 12.1 Å². The molecule has 0 heterocycles. The molecule has 93 valence electrons. The highest BCUT2D eigenvalue weighted by Crippen LogP contribution is 2.34. The molecule has 0 N–H and O–H groups in total. The van der Waals surface area contributed by atoms with E-state index in [4.69, 9.17) is 4.43 Å². The summed E-state index contributed by atoms with van der Waals surface area (Å²) in [6.07, 6.45) is 0. The fraction of sp³-hybridized carbons (Fsp3) is 0. The lowest BCUT2D eigenvalue weighted by atomic mass is 9.98. The summed E-state index contributed by atoms with van der Waals surface area (Å²) in [6, 6.07) is 23.3. The van der Waals surface area contributed by atoms with Crippen LogP contribution >= 0.6 is 0 Å². The molecule has 0 amide bonds. The summed E-state index contributed by atoms with van der Waals surface area (Å²) in [7, 11) is 3.17. The third-order valence-electron chi connectivity index (χ3n) is 3.80. The van der Waals surface area contributed by atoms with Gasteiger partial charge in [-0.15, -0.1) is 0 Å². The van der Waals surface area contributed by atoms with Crippen LogP contribution in [-0.4, -0.2) is 10.5 Å². The molecule has 0 spiro atoms. The fourth-order valence-corrected chi connectivity index (χ4v) is 3.02. The molecule has 4 rings (SSSR count). The zero-order valence-electron chi connectivity index (χ0n) is 10.8. The monoisotopic (exact) mass is 271 g/mol. The van der Waals surface area contributed by atoms with Crippen molar-refractivity contribution in [2.45, 2.75) is 0 Å². The average molecular weight is 271 g/mol. The maximum Gasteiger partial charge on any atom is 0.341 e. The van der Waals surface area contributed by atoms with Gasteiger partial charge in [0.2, 0.25) is 0 Å². The zero-order valence-corrected chi connectivity index (χ0v) is 11.8. The maximum atomic E-state index is 5.35. The van der Waals surface area contributed by atoms with Gasteiger partial charge in [0, 0.05) is 5.39 Å². The van der Waals surface area contributed by atoms with Crippen molar-refractivity contribution in [3.63, 3.8) is 0 Å². The molecular formula is C18H11OSi. The van der Waals surface area contributed by atoms with Gasteiger partial charge in [-0.3, -0.25) is 0 Å². The standard InChI is InChI=1S/C18H11OSi/c20-19-17-7-3-6-12-8-9-15-10-13-4-1-2-5-14(13)11-16(15)18(12)17/h1-11H. The molecule has 0 unspecified atom stereocenters. The zero-order chi connectivity index (χ0) is 13.5. The third-order valence-corrected chi connectivity index (χ3v) is 4.02. The van der Waals surface area contributed by atoms with Gasteiger partial charge in [0.1, 0.15) is 5.75 Å². The molecule has 2 heteroatoms. The number of benzene rings is 4. The largest absolute Gasteiger partial charge is 0.540 e. The quantitative estimate of drug-likeness (QED) is 0.279. The third kappa shape index (κ3) is 1.62. The molecule has 20 heavy (non-hydrogen) atoms. The Bertz CT molecular complexity index is 944. The van der Waals surface area contributed by atoms with Crippen LogP contribution in [0, 0.1) is 0 Å². The normalized spacial score (nSPS) is 11.2. The molecule has 4 aromatic carbocycles. The Hall–Kier alpha value is -2.32. The van der Waals surface area contributed by atoms with Crippen molar-refractivity contribution in [3.05, 3.63) is 66.7 Å². The van der Waals surface area contributed by atoms with Gasteiger partial charge >= 0.3 is 10.5 Å². The van der Waals surface area contributed by atoms with Crippen molar-refractivity contribution < 1.29 is 4.43 Å². The van der Waals surface area contributed by atoms with E-state index in [1.165, 1.54) is 26.9 Å². The molecule has 0 saturated heterocycles. The second-order valence-corrected chi connectivity index (χ2v) is 5.15. The Kier molecular flexibility index (Phi) is 2.50. The van der Waals surface area contributed by atoms with Gasteiger partial charge in [-0.1, -0.05) is 48.5 Å². The Morgan fingerprint density at radius 3 is 2.15 bits per heavy atom. The second-order valence-electron chi connectivity index (χ2n) is 4.94. The Morgan fingerprint density at radius 2 is 1.35 bits per heavy atom. The van der Waals surface area contributed by atoms with Crippen molar-refractivity contribution in [2.75, 3.05) is 0 Å². The maximum absolute atomic E-state index is 5.35. The molecule has 0 atom stereocenters. The lowest BCUT2D eigenvalue weighted by Crippen LogP contribution is -1.88. The average Bonchev–Trinajstić information content (AvgIpc) is 2.52. The van der Waals surface area contributed by atoms with Gasteiger partial charge in [0.25, 0.3) is 0 Å². The number of hydrogen-bond acceptors (Lipinski definition) is 1. The highest BCUT2D eigenvalue weighted by molar-refractivity contribution is 6.15. The predicted molar refractivity (Wildman–Crippen MR) is 85.3 cm³/mol. The van der Waals surface area contributed by atoms with Gasteiger partial charge in [-0.05, 0) is 45.1 Å². The van der Waals surface area contributed by atoms with E-state index in [2.05, 4.69) is 65.1 Å². The Labute approximate surface area is 120 Å². The summed E-state index contributed by atoms with van der Waals surface area (Å²) in [5.41, 5.74) is 0. The Balaban J connectivity index is 2.25. The van der Waals surface area contributed by atoms with Gasteiger partial charge < -0.3 is 4.43 Å². The number of hydrogen-bond donors (Lipinski definition) is 0. The highest BCUT2D eigenvalue weighted by Gasteiger charge is 2.07. The van der Waals surface area contributed by atoms with Crippen LogP contribution in [0.1, 0.15) is 0 Å². The van der Waals surface area contributed by atoms with Crippen molar-refractivity contribution in [3.8, 4) is 5.75 Å². The predicted octanol–water partition coefficient (Wildman–Crippen LogP) is 4.61. The van der Waals surface area contributed by atoms with E-state index in [-0.39, 0.29) is 0 Å². The van der Waals surface area contributed by atoms with Crippen LogP contribution < -0.4 is 4.43 Å². The lowest BCUT2D eigenvalue weighted by molar-refractivity contribution is 0.624. The summed E-state index contributed by atoms with van der Waals surface area (Å²) in [5.74, 6) is 0.847.